The second-order valence-electron chi connectivity index (χ2n) is 5.87. The number of carbonyl (C=O) groups excluding carboxylic acids is 1. The third kappa shape index (κ3) is 4.13. The van der Waals surface area contributed by atoms with Crippen LogP contribution in [0.5, 0.6) is 0 Å². The lowest BCUT2D eigenvalue weighted by molar-refractivity contribution is -0.143. The molecule has 2 rings (SSSR count). The molecule has 5 nitrogen and oxygen atoms in total. The molecule has 1 N–H and O–H groups in total. The number of morpholine rings is 1. The Morgan fingerprint density at radius 2 is 1.92 bits per heavy atom. The van der Waals surface area contributed by atoms with E-state index in [2.05, 4.69) is 6.58 Å². The number of carboxylic acid groups (broad SMARTS) is 1. The molecule has 1 fully saturated rings. The van der Waals surface area contributed by atoms with Gasteiger partial charge in [0.25, 0.3) is 0 Å². The molecular weight excluding hydrogens is 351 g/mol. The molecule has 8 heteroatoms. The second-order valence-corrected chi connectivity index (χ2v) is 5.87. The Hall–Kier alpha value is -2.61. The van der Waals surface area contributed by atoms with Crippen LogP contribution < -0.4 is 0 Å². The van der Waals surface area contributed by atoms with Crippen LogP contribution in [0.2, 0.25) is 0 Å². The topological polar surface area (TPSA) is 66.8 Å². The van der Waals surface area contributed by atoms with Crippen LogP contribution in [0.3, 0.4) is 0 Å². The highest BCUT2D eigenvalue weighted by molar-refractivity contribution is 5.86. The van der Waals surface area contributed by atoms with E-state index in [1.165, 1.54) is 24.0 Å². The smallest absolute Gasteiger partial charge is 0.331 e. The van der Waals surface area contributed by atoms with Gasteiger partial charge in [0.2, 0.25) is 5.91 Å². The molecule has 0 spiro atoms. The fourth-order valence-electron chi connectivity index (χ4n) is 2.79. The molecule has 1 aromatic carbocycles. The van der Waals surface area contributed by atoms with Gasteiger partial charge in [0.15, 0.2) is 17.5 Å². The first kappa shape index (κ1) is 19.7. The number of halogens is 3. The van der Waals surface area contributed by atoms with Crippen LogP contribution in [0.1, 0.15) is 24.9 Å². The van der Waals surface area contributed by atoms with Crippen LogP contribution in [-0.2, 0) is 14.3 Å². The average Bonchev–Trinajstić information content (AvgIpc) is 2.59. The summed E-state index contributed by atoms with van der Waals surface area (Å²) >= 11 is 0. The summed E-state index contributed by atoms with van der Waals surface area (Å²) in [6.07, 6.45) is 2.65. The van der Waals surface area contributed by atoms with Crippen LogP contribution in [0.4, 0.5) is 13.2 Å². The van der Waals surface area contributed by atoms with Gasteiger partial charge in [-0.3, -0.25) is 4.79 Å². The number of amides is 1. The van der Waals surface area contributed by atoms with Crippen LogP contribution in [-0.4, -0.2) is 41.1 Å². The van der Waals surface area contributed by atoms with Crippen molar-refractivity contribution in [1.29, 1.82) is 0 Å². The van der Waals surface area contributed by atoms with E-state index in [1.54, 1.807) is 0 Å². The molecule has 1 amide bonds. The molecule has 0 aromatic heterocycles. The summed E-state index contributed by atoms with van der Waals surface area (Å²) < 4.78 is 45.9. The lowest BCUT2D eigenvalue weighted by Crippen LogP contribution is -2.49. The Kier molecular flexibility index (Phi) is 6.20. The van der Waals surface area contributed by atoms with E-state index < -0.39 is 41.4 Å². The summed E-state index contributed by atoms with van der Waals surface area (Å²) in [5.74, 6) is -5.95. The van der Waals surface area contributed by atoms with Crippen molar-refractivity contribution in [3.63, 3.8) is 0 Å². The molecule has 0 bridgehead atoms. The molecular formula is C18H18F3NO4. The minimum atomic E-state index is -1.60. The van der Waals surface area contributed by atoms with Crippen molar-refractivity contribution in [3.05, 3.63) is 59.5 Å². The normalized spacial score (nSPS) is 20.8. The highest BCUT2D eigenvalue weighted by Gasteiger charge is 2.35. The van der Waals surface area contributed by atoms with Gasteiger partial charge in [-0.2, -0.15) is 0 Å². The van der Waals surface area contributed by atoms with E-state index in [0.717, 1.165) is 12.1 Å². The van der Waals surface area contributed by atoms with E-state index >= 15 is 0 Å². The Labute approximate surface area is 148 Å². The van der Waals surface area contributed by atoms with Gasteiger partial charge in [-0.1, -0.05) is 6.08 Å². The van der Waals surface area contributed by atoms with Crippen molar-refractivity contribution in [1.82, 2.24) is 4.90 Å². The van der Waals surface area contributed by atoms with E-state index in [1.807, 2.05) is 0 Å². The minimum absolute atomic E-state index is 0.00730. The number of hydrogen-bond donors (Lipinski definition) is 1. The maximum Gasteiger partial charge on any atom is 0.331 e. The van der Waals surface area contributed by atoms with Gasteiger partial charge < -0.3 is 14.7 Å². The van der Waals surface area contributed by atoms with Gasteiger partial charge >= 0.3 is 5.97 Å². The van der Waals surface area contributed by atoms with Crippen molar-refractivity contribution >= 4 is 11.9 Å². The molecule has 0 unspecified atom stereocenters. The molecule has 140 valence electrons. The zero-order chi connectivity index (χ0) is 19.4. The minimum Gasteiger partial charge on any atom is -0.478 e. The van der Waals surface area contributed by atoms with Crippen LogP contribution in [0, 0.1) is 17.5 Å². The number of rotatable bonds is 5. The third-order valence-electron chi connectivity index (χ3n) is 4.04. The zero-order valence-electron chi connectivity index (χ0n) is 14.0. The molecule has 2 atom stereocenters. The second kappa shape index (κ2) is 8.18. The molecule has 1 saturated heterocycles. The molecule has 0 radical (unpaired) electrons. The number of nitrogens with zero attached hydrogens (tertiary/aromatic N) is 1. The summed E-state index contributed by atoms with van der Waals surface area (Å²) in [6.45, 7) is 4.81. The van der Waals surface area contributed by atoms with Crippen molar-refractivity contribution in [2.45, 2.75) is 25.4 Å². The standard InChI is InChI=1S/C18H18F3NO4/c1-3-4-16(23)22-12(5-10(2)18(24)25)8-26-9-15(22)11-6-13(19)17(21)14(20)7-11/h3,5-7,12,15H,1,4,8-9H2,2H3,(H,24,25)/b10-5-/t12-,15-/m0/s1. The number of carboxylic acids is 1. The lowest BCUT2D eigenvalue weighted by atomic mass is 9.99. The molecule has 1 aromatic rings. The quantitative estimate of drug-likeness (QED) is 0.492. The molecule has 1 aliphatic heterocycles. The summed E-state index contributed by atoms with van der Waals surface area (Å²) in [7, 11) is 0. The van der Waals surface area contributed by atoms with Crippen molar-refractivity contribution in [3.8, 4) is 0 Å². The zero-order valence-corrected chi connectivity index (χ0v) is 14.0. The Morgan fingerprint density at radius 3 is 2.46 bits per heavy atom. The SMILES string of the molecule is C=CCC(=O)N1[C@@H](/C=C(/C)C(=O)O)COC[C@H]1c1cc(F)c(F)c(F)c1. The lowest BCUT2D eigenvalue weighted by Gasteiger charge is -2.41. The summed E-state index contributed by atoms with van der Waals surface area (Å²) in [6, 6.07) is -0.0507. The van der Waals surface area contributed by atoms with E-state index in [0.29, 0.717) is 0 Å². The predicted octanol–water partition coefficient (Wildman–Crippen LogP) is 2.98. The first-order valence-electron chi connectivity index (χ1n) is 7.82. The number of aliphatic carboxylic acids is 1. The number of ether oxygens (including phenoxy) is 1. The number of carbonyl (C=O) groups is 2. The van der Waals surface area contributed by atoms with E-state index in [-0.39, 0.29) is 30.8 Å². The first-order chi connectivity index (χ1) is 12.3. The fraction of sp³-hybridized carbons (Fsp3) is 0.333. The largest absolute Gasteiger partial charge is 0.478 e. The van der Waals surface area contributed by atoms with Crippen molar-refractivity contribution in [2.75, 3.05) is 13.2 Å². The predicted molar refractivity (Wildman–Crippen MR) is 86.7 cm³/mol. The fourth-order valence-corrected chi connectivity index (χ4v) is 2.79. The Balaban J connectivity index is 2.48. The highest BCUT2D eigenvalue weighted by atomic mass is 19.2. The Bertz CT molecular complexity index is 740. The van der Waals surface area contributed by atoms with Crippen molar-refractivity contribution in [2.24, 2.45) is 0 Å². The number of benzene rings is 1. The van der Waals surface area contributed by atoms with E-state index in [4.69, 9.17) is 9.84 Å². The van der Waals surface area contributed by atoms with E-state index in [9.17, 15) is 22.8 Å². The highest BCUT2D eigenvalue weighted by Crippen LogP contribution is 2.31. The van der Waals surface area contributed by atoms with Crippen LogP contribution in [0.15, 0.2) is 36.4 Å². The summed E-state index contributed by atoms with van der Waals surface area (Å²) in [4.78, 5) is 24.9. The first-order valence-corrected chi connectivity index (χ1v) is 7.82. The van der Waals surface area contributed by atoms with Gasteiger partial charge in [-0.05, 0) is 30.7 Å². The van der Waals surface area contributed by atoms with Gasteiger partial charge in [0.1, 0.15) is 0 Å². The average molecular weight is 369 g/mol. The monoisotopic (exact) mass is 369 g/mol. The van der Waals surface area contributed by atoms with Gasteiger partial charge in [0.05, 0.1) is 25.3 Å². The van der Waals surface area contributed by atoms with Crippen LogP contribution in [0.25, 0.3) is 0 Å². The van der Waals surface area contributed by atoms with Gasteiger partial charge in [-0.15, -0.1) is 6.58 Å². The molecule has 0 aliphatic carbocycles. The molecule has 1 heterocycles. The van der Waals surface area contributed by atoms with Crippen molar-refractivity contribution < 1.29 is 32.6 Å². The van der Waals surface area contributed by atoms with Gasteiger partial charge in [-0.25, -0.2) is 18.0 Å². The third-order valence-corrected chi connectivity index (χ3v) is 4.04. The summed E-state index contributed by atoms with van der Waals surface area (Å²) in [5.41, 5.74) is 0.0111. The molecule has 1 aliphatic rings. The maximum absolute atomic E-state index is 13.6. The summed E-state index contributed by atoms with van der Waals surface area (Å²) in [5, 5.41) is 9.06. The number of hydrogen-bond acceptors (Lipinski definition) is 3. The molecule has 26 heavy (non-hydrogen) atoms. The van der Waals surface area contributed by atoms with Gasteiger partial charge in [0, 0.05) is 12.0 Å². The maximum atomic E-state index is 13.6. The Morgan fingerprint density at radius 1 is 1.31 bits per heavy atom. The van der Waals surface area contributed by atoms with Crippen LogP contribution >= 0.6 is 0 Å². The molecule has 0 saturated carbocycles.